The maximum absolute atomic E-state index is 12.5. The maximum Gasteiger partial charge on any atom is 0.326 e. The molecule has 0 aromatic heterocycles. The summed E-state index contributed by atoms with van der Waals surface area (Å²) in [5.41, 5.74) is 0.849. The molecule has 1 amide bonds. The van der Waals surface area contributed by atoms with Crippen LogP contribution in [0, 0.1) is 0 Å². The number of rotatable bonds is 5. The lowest BCUT2D eigenvalue weighted by atomic mass is 10.0. The number of carbonyl (C=O) groups excluding carboxylic acids is 1. The van der Waals surface area contributed by atoms with Gasteiger partial charge in [0.05, 0.1) is 0 Å². The van der Waals surface area contributed by atoms with E-state index in [0.29, 0.717) is 0 Å². The van der Waals surface area contributed by atoms with Gasteiger partial charge < -0.3 is 10.0 Å². The topological polar surface area (TPSA) is 60.9 Å². The second-order valence-corrected chi connectivity index (χ2v) is 4.74. The minimum absolute atomic E-state index is 0.230. The van der Waals surface area contributed by atoms with E-state index < -0.39 is 18.1 Å². The van der Waals surface area contributed by atoms with Crippen molar-refractivity contribution in [1.29, 1.82) is 0 Å². The lowest BCUT2D eigenvalue weighted by Gasteiger charge is -2.30. The molecular formula is C14H20N2O3. The van der Waals surface area contributed by atoms with E-state index in [1.165, 1.54) is 18.9 Å². The molecule has 0 spiro atoms. The molecule has 1 aromatic rings. The largest absolute Gasteiger partial charge is 0.480 e. The van der Waals surface area contributed by atoms with E-state index in [-0.39, 0.29) is 5.91 Å². The van der Waals surface area contributed by atoms with E-state index in [9.17, 15) is 9.59 Å². The molecule has 0 aliphatic rings. The Morgan fingerprint density at radius 1 is 1.11 bits per heavy atom. The van der Waals surface area contributed by atoms with Gasteiger partial charge in [-0.1, -0.05) is 30.3 Å². The molecule has 0 saturated carbocycles. The van der Waals surface area contributed by atoms with Crippen molar-refractivity contribution < 1.29 is 14.7 Å². The fourth-order valence-electron chi connectivity index (χ4n) is 1.85. The predicted molar refractivity (Wildman–Crippen MR) is 72.7 cm³/mol. The normalized spacial score (nSPS) is 13.9. The average Bonchev–Trinajstić information content (AvgIpc) is 2.37. The highest BCUT2D eigenvalue weighted by molar-refractivity contribution is 5.87. The van der Waals surface area contributed by atoms with E-state index in [1.807, 2.05) is 30.3 Å². The van der Waals surface area contributed by atoms with Crippen molar-refractivity contribution in [2.45, 2.75) is 19.0 Å². The Kier molecular flexibility index (Phi) is 5.06. The van der Waals surface area contributed by atoms with Gasteiger partial charge in [0.2, 0.25) is 5.91 Å². The molecule has 2 unspecified atom stereocenters. The van der Waals surface area contributed by atoms with Crippen molar-refractivity contribution in [3.8, 4) is 0 Å². The Labute approximate surface area is 113 Å². The number of carboxylic acids is 1. The summed E-state index contributed by atoms with van der Waals surface area (Å²) >= 11 is 0. The van der Waals surface area contributed by atoms with Crippen LogP contribution in [0.5, 0.6) is 0 Å². The molecule has 104 valence electrons. The van der Waals surface area contributed by atoms with Gasteiger partial charge in [-0.15, -0.1) is 0 Å². The molecule has 0 radical (unpaired) electrons. The van der Waals surface area contributed by atoms with Crippen LogP contribution in [0.3, 0.4) is 0 Å². The molecule has 1 aromatic carbocycles. The summed E-state index contributed by atoms with van der Waals surface area (Å²) in [7, 11) is 5.12. The standard InChI is InChI=1S/C14H20N2O3/c1-10(14(18)19)16(4)13(17)12(15(2)3)11-8-6-5-7-9-11/h5-10,12H,1-4H3,(H,18,19). The highest BCUT2D eigenvalue weighted by atomic mass is 16.4. The summed E-state index contributed by atoms with van der Waals surface area (Å²) in [6.45, 7) is 1.50. The van der Waals surface area contributed by atoms with Gasteiger partial charge in [0.1, 0.15) is 12.1 Å². The SMILES string of the molecule is CC(C(=O)O)N(C)C(=O)C(c1ccccc1)N(C)C. The first kappa shape index (κ1) is 15.2. The van der Waals surface area contributed by atoms with Crippen LogP contribution in [0.1, 0.15) is 18.5 Å². The summed E-state index contributed by atoms with van der Waals surface area (Å²) in [6, 6.07) is 8.00. The quantitative estimate of drug-likeness (QED) is 0.868. The van der Waals surface area contributed by atoms with Gasteiger partial charge in [-0.25, -0.2) is 4.79 Å². The van der Waals surface area contributed by atoms with Crippen LogP contribution in [0.25, 0.3) is 0 Å². The molecule has 0 saturated heterocycles. The molecule has 2 atom stereocenters. The van der Waals surface area contributed by atoms with Gasteiger partial charge >= 0.3 is 5.97 Å². The molecule has 5 heteroatoms. The Balaban J connectivity index is 3.01. The van der Waals surface area contributed by atoms with E-state index in [2.05, 4.69) is 0 Å². The molecule has 0 fully saturated rings. The number of carbonyl (C=O) groups is 2. The second kappa shape index (κ2) is 6.33. The number of carboxylic acid groups (broad SMARTS) is 1. The van der Waals surface area contributed by atoms with Crippen LogP contribution in [0.15, 0.2) is 30.3 Å². The molecule has 0 aliphatic heterocycles. The van der Waals surface area contributed by atoms with Crippen LogP contribution >= 0.6 is 0 Å². The van der Waals surface area contributed by atoms with Crippen LogP contribution < -0.4 is 0 Å². The summed E-state index contributed by atoms with van der Waals surface area (Å²) < 4.78 is 0. The highest BCUT2D eigenvalue weighted by Crippen LogP contribution is 2.21. The van der Waals surface area contributed by atoms with Gasteiger partial charge in [0.15, 0.2) is 0 Å². The van der Waals surface area contributed by atoms with Gasteiger partial charge in [-0.2, -0.15) is 0 Å². The second-order valence-electron chi connectivity index (χ2n) is 4.74. The van der Waals surface area contributed by atoms with Gasteiger partial charge in [0.25, 0.3) is 0 Å². The van der Waals surface area contributed by atoms with Crippen LogP contribution in [0.4, 0.5) is 0 Å². The van der Waals surface area contributed by atoms with Crippen LogP contribution in [-0.2, 0) is 9.59 Å². The third-order valence-corrected chi connectivity index (χ3v) is 3.15. The number of likely N-dealkylation sites (N-methyl/N-ethyl adjacent to an activating group) is 2. The summed E-state index contributed by atoms with van der Waals surface area (Å²) in [5, 5.41) is 8.98. The average molecular weight is 264 g/mol. The molecule has 5 nitrogen and oxygen atoms in total. The summed E-state index contributed by atoms with van der Waals surface area (Å²) in [5.74, 6) is -1.24. The molecule has 19 heavy (non-hydrogen) atoms. The van der Waals surface area contributed by atoms with Crippen molar-refractivity contribution >= 4 is 11.9 Å². The predicted octanol–water partition coefficient (Wildman–Crippen LogP) is 1.22. The number of hydrogen-bond acceptors (Lipinski definition) is 3. The number of benzene rings is 1. The zero-order valence-electron chi connectivity index (χ0n) is 11.7. The number of hydrogen-bond donors (Lipinski definition) is 1. The third-order valence-electron chi connectivity index (χ3n) is 3.15. The lowest BCUT2D eigenvalue weighted by Crippen LogP contribution is -2.45. The fourth-order valence-corrected chi connectivity index (χ4v) is 1.85. The van der Waals surface area contributed by atoms with Gasteiger partial charge in [0, 0.05) is 7.05 Å². The Hall–Kier alpha value is -1.88. The number of nitrogens with zero attached hydrogens (tertiary/aromatic N) is 2. The van der Waals surface area contributed by atoms with Crippen molar-refractivity contribution in [1.82, 2.24) is 9.80 Å². The van der Waals surface area contributed by atoms with Gasteiger partial charge in [-0.05, 0) is 26.6 Å². The Morgan fingerprint density at radius 2 is 1.63 bits per heavy atom. The van der Waals surface area contributed by atoms with Crippen LogP contribution in [0.2, 0.25) is 0 Å². The molecular weight excluding hydrogens is 244 g/mol. The van der Waals surface area contributed by atoms with E-state index in [0.717, 1.165) is 5.56 Å². The van der Waals surface area contributed by atoms with Crippen molar-refractivity contribution in [2.75, 3.05) is 21.1 Å². The Morgan fingerprint density at radius 3 is 2.05 bits per heavy atom. The lowest BCUT2D eigenvalue weighted by molar-refractivity contribution is -0.150. The minimum atomic E-state index is -1.01. The molecule has 0 aliphatic carbocycles. The summed E-state index contributed by atoms with van der Waals surface area (Å²) in [4.78, 5) is 26.5. The van der Waals surface area contributed by atoms with Gasteiger partial charge in [-0.3, -0.25) is 9.69 Å². The van der Waals surface area contributed by atoms with E-state index >= 15 is 0 Å². The van der Waals surface area contributed by atoms with Crippen molar-refractivity contribution in [2.24, 2.45) is 0 Å². The Bertz CT molecular complexity index is 445. The fraction of sp³-hybridized carbons (Fsp3) is 0.429. The highest BCUT2D eigenvalue weighted by Gasteiger charge is 2.30. The first-order chi connectivity index (χ1) is 8.86. The zero-order chi connectivity index (χ0) is 14.6. The molecule has 0 bridgehead atoms. The number of amides is 1. The minimum Gasteiger partial charge on any atom is -0.480 e. The van der Waals surface area contributed by atoms with E-state index in [4.69, 9.17) is 5.11 Å². The van der Waals surface area contributed by atoms with Crippen molar-refractivity contribution in [3.63, 3.8) is 0 Å². The summed E-state index contributed by atoms with van der Waals surface area (Å²) in [6.07, 6.45) is 0. The first-order valence-corrected chi connectivity index (χ1v) is 6.07. The first-order valence-electron chi connectivity index (χ1n) is 6.07. The van der Waals surface area contributed by atoms with Crippen molar-refractivity contribution in [3.05, 3.63) is 35.9 Å². The number of aliphatic carboxylic acids is 1. The monoisotopic (exact) mass is 264 g/mol. The van der Waals surface area contributed by atoms with E-state index in [1.54, 1.807) is 19.0 Å². The maximum atomic E-state index is 12.5. The zero-order valence-corrected chi connectivity index (χ0v) is 11.7. The molecule has 1 rings (SSSR count). The third kappa shape index (κ3) is 3.54. The molecule has 1 N–H and O–H groups in total. The smallest absolute Gasteiger partial charge is 0.326 e. The van der Waals surface area contributed by atoms with Crippen LogP contribution in [-0.4, -0.2) is 54.0 Å². The molecule has 0 heterocycles.